The minimum atomic E-state index is 0.876. The van der Waals surface area contributed by atoms with E-state index in [0.717, 1.165) is 30.5 Å². The first-order chi connectivity index (χ1) is 12.3. The molecule has 3 heterocycles. The standard InChI is InChI=1S/C22H29N3/c1-18-7-5-10-22(23-18)11-6-12-24-14-20-16-25(17-21(20)15-24)13-19-8-3-2-4-9-19/h2-5,7-10,20-21H,6,11-17H2,1H3. The van der Waals surface area contributed by atoms with E-state index in [1.54, 1.807) is 0 Å². The van der Waals surface area contributed by atoms with Gasteiger partial charge in [0.2, 0.25) is 0 Å². The number of benzene rings is 1. The van der Waals surface area contributed by atoms with E-state index >= 15 is 0 Å². The number of likely N-dealkylation sites (tertiary alicyclic amines) is 2. The molecular weight excluding hydrogens is 306 g/mol. The number of aromatic nitrogens is 1. The molecule has 0 N–H and O–H groups in total. The molecule has 132 valence electrons. The first kappa shape index (κ1) is 16.7. The predicted octanol–water partition coefficient (Wildman–Crippen LogP) is 3.39. The number of rotatable bonds is 6. The number of hydrogen-bond acceptors (Lipinski definition) is 3. The van der Waals surface area contributed by atoms with Crippen LogP contribution >= 0.6 is 0 Å². The minimum Gasteiger partial charge on any atom is -0.303 e. The van der Waals surface area contributed by atoms with Gasteiger partial charge in [-0.15, -0.1) is 0 Å². The minimum absolute atomic E-state index is 0.876. The van der Waals surface area contributed by atoms with Crippen LogP contribution in [0.5, 0.6) is 0 Å². The molecule has 0 saturated carbocycles. The third-order valence-electron chi connectivity index (χ3n) is 5.74. The second kappa shape index (κ2) is 7.67. The van der Waals surface area contributed by atoms with Crippen LogP contribution in [0.25, 0.3) is 0 Å². The molecule has 0 spiro atoms. The van der Waals surface area contributed by atoms with Crippen LogP contribution in [0.15, 0.2) is 48.5 Å². The first-order valence-electron chi connectivity index (χ1n) is 9.67. The summed E-state index contributed by atoms with van der Waals surface area (Å²) in [6.07, 6.45) is 2.33. The average molecular weight is 335 g/mol. The van der Waals surface area contributed by atoms with Crippen molar-refractivity contribution in [3.63, 3.8) is 0 Å². The monoisotopic (exact) mass is 335 g/mol. The predicted molar refractivity (Wildman–Crippen MR) is 102 cm³/mol. The molecule has 2 atom stereocenters. The molecule has 0 amide bonds. The molecule has 1 aromatic heterocycles. The largest absolute Gasteiger partial charge is 0.303 e. The number of pyridine rings is 1. The van der Waals surface area contributed by atoms with E-state index in [1.165, 1.54) is 50.4 Å². The van der Waals surface area contributed by atoms with Gasteiger partial charge in [0.25, 0.3) is 0 Å². The Kier molecular flexibility index (Phi) is 5.14. The van der Waals surface area contributed by atoms with Crippen molar-refractivity contribution in [1.29, 1.82) is 0 Å². The highest BCUT2D eigenvalue weighted by Crippen LogP contribution is 2.31. The molecule has 3 nitrogen and oxygen atoms in total. The van der Waals surface area contributed by atoms with Gasteiger partial charge in [-0.25, -0.2) is 0 Å². The fourth-order valence-electron chi connectivity index (χ4n) is 4.56. The molecule has 0 radical (unpaired) electrons. The van der Waals surface area contributed by atoms with E-state index < -0.39 is 0 Å². The number of nitrogens with zero attached hydrogens (tertiary/aromatic N) is 3. The van der Waals surface area contributed by atoms with E-state index in [1.807, 2.05) is 0 Å². The number of hydrogen-bond donors (Lipinski definition) is 0. The van der Waals surface area contributed by atoms with Crippen molar-refractivity contribution in [3.8, 4) is 0 Å². The number of fused-ring (bicyclic) bond motifs is 1. The Hall–Kier alpha value is -1.71. The Morgan fingerprint density at radius 3 is 2.32 bits per heavy atom. The van der Waals surface area contributed by atoms with Gasteiger partial charge in [-0.2, -0.15) is 0 Å². The molecular formula is C22H29N3. The zero-order chi connectivity index (χ0) is 17.1. The summed E-state index contributed by atoms with van der Waals surface area (Å²) in [5.74, 6) is 1.75. The summed E-state index contributed by atoms with van der Waals surface area (Å²) in [6, 6.07) is 17.3. The molecule has 2 fully saturated rings. The van der Waals surface area contributed by atoms with Crippen LogP contribution in [-0.2, 0) is 13.0 Å². The van der Waals surface area contributed by atoms with Crippen LogP contribution in [-0.4, -0.2) is 47.5 Å². The SMILES string of the molecule is Cc1cccc(CCCN2CC3CN(Cc4ccccc4)CC3C2)n1. The highest BCUT2D eigenvalue weighted by atomic mass is 15.2. The van der Waals surface area contributed by atoms with Gasteiger partial charge in [-0.1, -0.05) is 36.4 Å². The summed E-state index contributed by atoms with van der Waals surface area (Å²) in [7, 11) is 0. The molecule has 1 aromatic carbocycles. The van der Waals surface area contributed by atoms with Gasteiger partial charge in [0.15, 0.2) is 0 Å². The summed E-state index contributed by atoms with van der Waals surface area (Å²) >= 11 is 0. The lowest BCUT2D eigenvalue weighted by Crippen LogP contribution is -2.29. The second-order valence-electron chi connectivity index (χ2n) is 7.83. The molecule has 0 bridgehead atoms. The van der Waals surface area contributed by atoms with E-state index in [4.69, 9.17) is 0 Å². The quantitative estimate of drug-likeness (QED) is 0.807. The fourth-order valence-corrected chi connectivity index (χ4v) is 4.56. The van der Waals surface area contributed by atoms with Gasteiger partial charge in [-0.05, 0) is 55.8 Å². The van der Waals surface area contributed by atoms with Gasteiger partial charge in [0.05, 0.1) is 0 Å². The lowest BCUT2D eigenvalue weighted by Gasteiger charge is -2.21. The Morgan fingerprint density at radius 2 is 1.60 bits per heavy atom. The zero-order valence-electron chi connectivity index (χ0n) is 15.3. The fraction of sp³-hybridized carbons (Fsp3) is 0.500. The maximum absolute atomic E-state index is 4.62. The molecule has 2 unspecified atom stereocenters. The Morgan fingerprint density at radius 1 is 0.880 bits per heavy atom. The van der Waals surface area contributed by atoms with Crippen LogP contribution in [0.3, 0.4) is 0 Å². The maximum Gasteiger partial charge on any atom is 0.0407 e. The molecule has 2 aliphatic rings. The summed E-state index contributed by atoms with van der Waals surface area (Å²) in [5.41, 5.74) is 3.82. The maximum atomic E-state index is 4.62. The van der Waals surface area contributed by atoms with Crippen molar-refractivity contribution in [3.05, 3.63) is 65.5 Å². The van der Waals surface area contributed by atoms with Crippen molar-refractivity contribution >= 4 is 0 Å². The van der Waals surface area contributed by atoms with Crippen LogP contribution in [0, 0.1) is 18.8 Å². The second-order valence-corrected chi connectivity index (χ2v) is 7.83. The summed E-state index contributed by atoms with van der Waals surface area (Å²) in [6.45, 7) is 9.54. The Bertz CT molecular complexity index is 671. The Balaban J connectivity index is 1.20. The van der Waals surface area contributed by atoms with Crippen molar-refractivity contribution in [1.82, 2.24) is 14.8 Å². The lowest BCUT2D eigenvalue weighted by atomic mass is 10.0. The van der Waals surface area contributed by atoms with Crippen molar-refractivity contribution in [2.45, 2.75) is 26.3 Å². The molecule has 25 heavy (non-hydrogen) atoms. The first-order valence-corrected chi connectivity index (χ1v) is 9.67. The van der Waals surface area contributed by atoms with Crippen molar-refractivity contribution in [2.24, 2.45) is 11.8 Å². The molecule has 0 aliphatic carbocycles. The molecule has 4 rings (SSSR count). The molecule has 2 saturated heterocycles. The highest BCUT2D eigenvalue weighted by Gasteiger charge is 2.39. The van der Waals surface area contributed by atoms with Gasteiger partial charge in [-0.3, -0.25) is 9.88 Å². The van der Waals surface area contributed by atoms with Crippen LogP contribution in [0.2, 0.25) is 0 Å². The van der Waals surface area contributed by atoms with E-state index in [2.05, 4.69) is 70.2 Å². The lowest BCUT2D eigenvalue weighted by molar-refractivity contribution is 0.249. The van der Waals surface area contributed by atoms with Crippen LogP contribution < -0.4 is 0 Å². The third-order valence-corrected chi connectivity index (χ3v) is 5.74. The molecule has 2 aliphatic heterocycles. The number of aryl methyl sites for hydroxylation is 2. The van der Waals surface area contributed by atoms with E-state index in [9.17, 15) is 0 Å². The smallest absolute Gasteiger partial charge is 0.0407 e. The summed E-state index contributed by atoms with van der Waals surface area (Å²) in [4.78, 5) is 9.96. The highest BCUT2D eigenvalue weighted by molar-refractivity contribution is 5.15. The van der Waals surface area contributed by atoms with Gasteiger partial charge in [0.1, 0.15) is 0 Å². The zero-order valence-corrected chi connectivity index (χ0v) is 15.3. The van der Waals surface area contributed by atoms with Crippen molar-refractivity contribution < 1.29 is 0 Å². The van der Waals surface area contributed by atoms with Crippen LogP contribution in [0.1, 0.15) is 23.4 Å². The van der Waals surface area contributed by atoms with Gasteiger partial charge < -0.3 is 4.90 Å². The van der Waals surface area contributed by atoms with Crippen LogP contribution in [0.4, 0.5) is 0 Å². The average Bonchev–Trinajstić information content (AvgIpc) is 3.14. The van der Waals surface area contributed by atoms with Gasteiger partial charge in [0, 0.05) is 44.1 Å². The summed E-state index contributed by atoms with van der Waals surface area (Å²) < 4.78 is 0. The topological polar surface area (TPSA) is 19.4 Å². The Labute approximate surface area is 151 Å². The molecule has 2 aromatic rings. The van der Waals surface area contributed by atoms with Gasteiger partial charge >= 0.3 is 0 Å². The third kappa shape index (κ3) is 4.28. The van der Waals surface area contributed by atoms with E-state index in [0.29, 0.717) is 0 Å². The van der Waals surface area contributed by atoms with Crippen molar-refractivity contribution in [2.75, 3.05) is 32.7 Å². The van der Waals surface area contributed by atoms with E-state index in [-0.39, 0.29) is 0 Å². The summed E-state index contributed by atoms with van der Waals surface area (Å²) in [5, 5.41) is 0. The normalized spacial score (nSPS) is 23.9. The molecule has 3 heteroatoms.